The van der Waals surface area contributed by atoms with Gasteiger partial charge in [-0.15, -0.1) is 0 Å². The zero-order valence-corrected chi connectivity index (χ0v) is 13.7. The Morgan fingerprint density at radius 3 is 2.48 bits per heavy atom. The maximum absolute atomic E-state index is 12.4. The molecule has 0 atom stereocenters. The van der Waals surface area contributed by atoms with Crippen LogP contribution in [-0.4, -0.2) is 13.1 Å². The second-order valence-electron chi connectivity index (χ2n) is 5.73. The molecular weight excluding hydrogens is 312 g/mol. The maximum atomic E-state index is 12.4. The Hall–Kier alpha value is -2.20. The molecule has 2 amide bonds. The van der Waals surface area contributed by atoms with E-state index < -0.39 is 0 Å². The van der Waals surface area contributed by atoms with Gasteiger partial charge in [-0.25, -0.2) is 4.79 Å². The fourth-order valence-corrected chi connectivity index (χ4v) is 3.15. The first-order valence-electron chi connectivity index (χ1n) is 7.61. The molecule has 2 N–H and O–H groups in total. The first-order valence-corrected chi connectivity index (χ1v) is 7.99. The number of hydrogen-bond donors (Lipinski definition) is 2. The molecule has 1 aliphatic rings. The van der Waals surface area contributed by atoms with Gasteiger partial charge in [-0.05, 0) is 43.0 Å². The standard InChI is InChI=1S/C18H19ClN2O2/c1-23-16-9-8-14(12-15(16)19)20-17(22)21-18(10-5-11-18)13-6-3-2-4-7-13/h2-4,6-9,12H,5,10-11H2,1H3,(H2,20,21,22). The van der Waals surface area contributed by atoms with Crippen molar-refractivity contribution in [1.82, 2.24) is 5.32 Å². The molecule has 0 aliphatic heterocycles. The highest BCUT2D eigenvalue weighted by Gasteiger charge is 2.39. The molecule has 120 valence electrons. The number of amides is 2. The van der Waals surface area contributed by atoms with Crippen molar-refractivity contribution in [2.75, 3.05) is 12.4 Å². The third kappa shape index (κ3) is 3.27. The Morgan fingerprint density at radius 2 is 1.91 bits per heavy atom. The Morgan fingerprint density at radius 1 is 1.17 bits per heavy atom. The van der Waals surface area contributed by atoms with Gasteiger partial charge in [0.15, 0.2) is 0 Å². The summed E-state index contributed by atoms with van der Waals surface area (Å²) >= 11 is 6.08. The number of carbonyl (C=O) groups excluding carboxylic acids is 1. The van der Waals surface area contributed by atoms with Crippen molar-refractivity contribution in [3.63, 3.8) is 0 Å². The van der Waals surface area contributed by atoms with E-state index in [2.05, 4.69) is 22.8 Å². The van der Waals surface area contributed by atoms with Crippen LogP contribution in [0, 0.1) is 0 Å². The van der Waals surface area contributed by atoms with E-state index in [0.717, 1.165) is 24.8 Å². The number of urea groups is 1. The summed E-state index contributed by atoms with van der Waals surface area (Å²) in [5, 5.41) is 6.42. The molecule has 1 fully saturated rings. The molecule has 2 aromatic carbocycles. The lowest BCUT2D eigenvalue weighted by atomic mass is 9.72. The molecular formula is C18H19ClN2O2. The first kappa shape index (κ1) is 15.7. The smallest absolute Gasteiger partial charge is 0.319 e. The lowest BCUT2D eigenvalue weighted by Gasteiger charge is -2.43. The van der Waals surface area contributed by atoms with E-state index in [-0.39, 0.29) is 11.6 Å². The largest absolute Gasteiger partial charge is 0.495 e. The fraction of sp³-hybridized carbons (Fsp3) is 0.278. The van der Waals surface area contributed by atoms with E-state index in [0.29, 0.717) is 16.5 Å². The lowest BCUT2D eigenvalue weighted by Crippen LogP contribution is -2.52. The van der Waals surface area contributed by atoms with Crippen LogP contribution in [0.2, 0.25) is 5.02 Å². The minimum Gasteiger partial charge on any atom is -0.495 e. The third-order valence-corrected chi connectivity index (χ3v) is 4.59. The van der Waals surface area contributed by atoms with Crippen LogP contribution in [0.5, 0.6) is 5.75 Å². The molecule has 0 spiro atoms. The number of nitrogens with one attached hydrogen (secondary N) is 2. The van der Waals surface area contributed by atoms with Gasteiger partial charge >= 0.3 is 6.03 Å². The SMILES string of the molecule is COc1ccc(NC(=O)NC2(c3ccccc3)CCC2)cc1Cl. The van der Waals surface area contributed by atoms with Crippen LogP contribution in [0.4, 0.5) is 10.5 Å². The minimum absolute atomic E-state index is 0.227. The molecule has 3 rings (SSSR count). The zero-order valence-electron chi connectivity index (χ0n) is 12.9. The molecule has 0 unspecified atom stereocenters. The van der Waals surface area contributed by atoms with E-state index in [1.165, 1.54) is 0 Å². The van der Waals surface area contributed by atoms with E-state index in [1.54, 1.807) is 25.3 Å². The number of halogens is 1. The molecule has 0 bridgehead atoms. The highest BCUT2D eigenvalue weighted by molar-refractivity contribution is 6.32. The molecule has 5 heteroatoms. The van der Waals surface area contributed by atoms with Gasteiger partial charge in [0.1, 0.15) is 5.75 Å². The van der Waals surface area contributed by atoms with Crippen LogP contribution in [-0.2, 0) is 5.54 Å². The quantitative estimate of drug-likeness (QED) is 0.864. The predicted octanol–water partition coefficient (Wildman–Crippen LogP) is 4.55. The fourth-order valence-electron chi connectivity index (χ4n) is 2.90. The van der Waals surface area contributed by atoms with Crippen molar-refractivity contribution in [2.45, 2.75) is 24.8 Å². The highest BCUT2D eigenvalue weighted by Crippen LogP contribution is 2.41. The molecule has 23 heavy (non-hydrogen) atoms. The Balaban J connectivity index is 1.70. The van der Waals surface area contributed by atoms with Crippen molar-refractivity contribution < 1.29 is 9.53 Å². The second-order valence-corrected chi connectivity index (χ2v) is 6.14. The molecule has 2 aromatic rings. The summed E-state index contributed by atoms with van der Waals surface area (Å²) in [5.74, 6) is 0.581. The predicted molar refractivity (Wildman–Crippen MR) is 92.1 cm³/mol. The summed E-state index contributed by atoms with van der Waals surface area (Å²) in [6.07, 6.45) is 3.02. The average molecular weight is 331 g/mol. The van der Waals surface area contributed by atoms with Crippen LogP contribution < -0.4 is 15.4 Å². The van der Waals surface area contributed by atoms with E-state index in [4.69, 9.17) is 16.3 Å². The molecule has 0 radical (unpaired) electrons. The number of methoxy groups -OCH3 is 1. The molecule has 0 aromatic heterocycles. The summed E-state index contributed by atoms with van der Waals surface area (Å²) in [4.78, 5) is 12.4. The monoisotopic (exact) mass is 330 g/mol. The minimum atomic E-state index is -0.262. The summed E-state index contributed by atoms with van der Waals surface area (Å²) in [6.45, 7) is 0. The van der Waals surface area contributed by atoms with Gasteiger partial charge in [-0.1, -0.05) is 41.9 Å². The van der Waals surface area contributed by atoms with Gasteiger partial charge < -0.3 is 15.4 Å². The number of benzene rings is 2. The summed E-state index contributed by atoms with van der Waals surface area (Å²) in [5.41, 5.74) is 1.52. The Bertz CT molecular complexity index is 699. The van der Waals surface area contributed by atoms with Crippen molar-refractivity contribution in [2.24, 2.45) is 0 Å². The van der Waals surface area contributed by atoms with E-state index >= 15 is 0 Å². The maximum Gasteiger partial charge on any atom is 0.319 e. The molecule has 1 aliphatic carbocycles. The number of ether oxygens (including phenoxy) is 1. The van der Waals surface area contributed by atoms with Gasteiger partial charge in [-0.3, -0.25) is 0 Å². The lowest BCUT2D eigenvalue weighted by molar-refractivity contribution is 0.185. The second kappa shape index (κ2) is 6.50. The summed E-state index contributed by atoms with van der Waals surface area (Å²) in [6, 6.07) is 15.0. The number of anilines is 1. The van der Waals surface area contributed by atoms with Crippen molar-refractivity contribution in [3.8, 4) is 5.75 Å². The molecule has 4 nitrogen and oxygen atoms in total. The molecule has 1 saturated carbocycles. The van der Waals surface area contributed by atoms with Crippen LogP contribution >= 0.6 is 11.6 Å². The van der Waals surface area contributed by atoms with E-state index in [9.17, 15) is 4.79 Å². The zero-order chi connectivity index (χ0) is 16.3. The summed E-state index contributed by atoms with van der Waals surface area (Å²) < 4.78 is 5.11. The van der Waals surface area contributed by atoms with Gasteiger partial charge in [0.05, 0.1) is 17.7 Å². The van der Waals surface area contributed by atoms with Crippen LogP contribution in [0.25, 0.3) is 0 Å². The number of rotatable bonds is 4. The average Bonchev–Trinajstić information content (AvgIpc) is 2.52. The van der Waals surface area contributed by atoms with Crippen molar-refractivity contribution in [1.29, 1.82) is 0 Å². The number of hydrogen-bond acceptors (Lipinski definition) is 2. The van der Waals surface area contributed by atoms with Gasteiger partial charge in [0.25, 0.3) is 0 Å². The molecule has 0 saturated heterocycles. The summed E-state index contributed by atoms with van der Waals surface area (Å²) in [7, 11) is 1.56. The highest BCUT2D eigenvalue weighted by atomic mass is 35.5. The number of carbonyl (C=O) groups is 1. The van der Waals surface area contributed by atoms with Crippen LogP contribution in [0.3, 0.4) is 0 Å². The third-order valence-electron chi connectivity index (χ3n) is 4.30. The topological polar surface area (TPSA) is 50.4 Å². The van der Waals surface area contributed by atoms with E-state index in [1.807, 2.05) is 18.2 Å². The van der Waals surface area contributed by atoms with Crippen molar-refractivity contribution >= 4 is 23.3 Å². The molecule has 0 heterocycles. The van der Waals surface area contributed by atoms with Crippen LogP contribution in [0.15, 0.2) is 48.5 Å². The Labute approximate surface area is 140 Å². The van der Waals surface area contributed by atoms with Crippen LogP contribution in [0.1, 0.15) is 24.8 Å². The van der Waals surface area contributed by atoms with Gasteiger partial charge in [0.2, 0.25) is 0 Å². The van der Waals surface area contributed by atoms with Gasteiger partial charge in [0, 0.05) is 5.69 Å². The van der Waals surface area contributed by atoms with Gasteiger partial charge in [-0.2, -0.15) is 0 Å². The normalized spacial score (nSPS) is 15.4. The van der Waals surface area contributed by atoms with Crippen molar-refractivity contribution in [3.05, 3.63) is 59.1 Å². The Kier molecular flexibility index (Phi) is 4.44. The first-order chi connectivity index (χ1) is 11.1.